The number of rotatable bonds is 3. The van der Waals surface area contributed by atoms with Crippen molar-refractivity contribution in [2.75, 3.05) is 31.1 Å². The summed E-state index contributed by atoms with van der Waals surface area (Å²) in [7, 11) is 0. The Hall–Kier alpha value is -0.770. The average molecular weight is 343 g/mol. The minimum Gasteiger partial charge on any atom is -0.312 e. The van der Waals surface area contributed by atoms with E-state index >= 15 is 0 Å². The summed E-state index contributed by atoms with van der Waals surface area (Å²) in [4.78, 5) is 17.0. The van der Waals surface area contributed by atoms with E-state index in [1.165, 1.54) is 25.7 Å². The zero-order valence-corrected chi connectivity index (χ0v) is 14.4. The lowest BCUT2D eigenvalue weighted by atomic mass is 10.1. The van der Waals surface area contributed by atoms with E-state index in [0.29, 0.717) is 5.02 Å². The number of hydrogen-bond donors (Lipinski definition) is 0. The maximum absolute atomic E-state index is 12.6. The van der Waals surface area contributed by atoms with Gasteiger partial charge in [0, 0.05) is 23.8 Å². The van der Waals surface area contributed by atoms with Gasteiger partial charge in [-0.15, -0.1) is 12.4 Å². The molecule has 1 amide bonds. The van der Waals surface area contributed by atoms with E-state index in [9.17, 15) is 4.79 Å². The molecule has 0 bridgehead atoms. The molecule has 2 saturated heterocycles. The molecule has 122 valence electrons. The van der Waals surface area contributed by atoms with Crippen LogP contribution in [-0.2, 0) is 4.79 Å². The number of carbonyl (C=O) groups is 1. The Morgan fingerprint density at radius 1 is 1.00 bits per heavy atom. The van der Waals surface area contributed by atoms with Crippen molar-refractivity contribution in [3.05, 3.63) is 29.3 Å². The van der Waals surface area contributed by atoms with Gasteiger partial charge in [-0.1, -0.05) is 24.4 Å². The number of hydrogen-bond acceptors (Lipinski definition) is 2. The Labute approximate surface area is 144 Å². The van der Waals surface area contributed by atoms with Gasteiger partial charge in [-0.05, 0) is 56.6 Å². The van der Waals surface area contributed by atoms with Crippen LogP contribution in [0.5, 0.6) is 0 Å². The summed E-state index contributed by atoms with van der Waals surface area (Å²) in [5.41, 5.74) is 0.975. The molecular formula is C17H24Cl2N2O. The molecule has 0 radical (unpaired) electrons. The summed E-state index contributed by atoms with van der Waals surface area (Å²) in [6.07, 6.45) is 6.21. The topological polar surface area (TPSA) is 23.6 Å². The van der Waals surface area contributed by atoms with E-state index in [-0.39, 0.29) is 24.2 Å². The standard InChI is InChI=1S/C17H23ClN2O.ClH/c18-15-5-7-16(8-6-15)20-12-9-14(17(20)21)13-19-10-3-1-2-4-11-19;/h5-8,14H,1-4,9-13H2;1H/t14-;/m1./s1. The summed E-state index contributed by atoms with van der Waals surface area (Å²) < 4.78 is 0. The molecule has 1 aromatic carbocycles. The maximum Gasteiger partial charge on any atom is 0.231 e. The number of nitrogens with zero attached hydrogens (tertiary/aromatic N) is 2. The monoisotopic (exact) mass is 342 g/mol. The van der Waals surface area contributed by atoms with E-state index in [0.717, 1.165) is 38.3 Å². The summed E-state index contributed by atoms with van der Waals surface area (Å²) in [5.74, 6) is 0.445. The summed E-state index contributed by atoms with van der Waals surface area (Å²) >= 11 is 5.92. The van der Waals surface area contributed by atoms with Gasteiger partial charge in [0.25, 0.3) is 0 Å². The van der Waals surface area contributed by atoms with Gasteiger partial charge in [-0.3, -0.25) is 4.79 Å². The Kier molecular flexibility index (Phi) is 6.54. The highest BCUT2D eigenvalue weighted by Gasteiger charge is 2.33. The number of anilines is 1. The van der Waals surface area contributed by atoms with Gasteiger partial charge < -0.3 is 9.80 Å². The van der Waals surface area contributed by atoms with Gasteiger partial charge in [-0.2, -0.15) is 0 Å². The highest BCUT2D eigenvalue weighted by Crippen LogP contribution is 2.27. The molecule has 22 heavy (non-hydrogen) atoms. The number of benzene rings is 1. The van der Waals surface area contributed by atoms with E-state index in [4.69, 9.17) is 11.6 Å². The molecule has 0 aliphatic carbocycles. The van der Waals surface area contributed by atoms with Crippen molar-refractivity contribution < 1.29 is 4.79 Å². The molecule has 0 saturated carbocycles. The van der Waals surface area contributed by atoms with Crippen LogP contribution >= 0.6 is 24.0 Å². The molecule has 0 aromatic heterocycles. The zero-order valence-electron chi connectivity index (χ0n) is 12.8. The minimum absolute atomic E-state index is 0. The predicted molar refractivity (Wildman–Crippen MR) is 94.1 cm³/mol. The Balaban J connectivity index is 0.00000176. The molecule has 1 aromatic rings. The predicted octanol–water partition coefficient (Wildman–Crippen LogP) is 3.99. The lowest BCUT2D eigenvalue weighted by molar-refractivity contribution is -0.120. The van der Waals surface area contributed by atoms with Crippen molar-refractivity contribution >= 4 is 35.6 Å². The lowest BCUT2D eigenvalue weighted by Crippen LogP contribution is -2.35. The van der Waals surface area contributed by atoms with E-state index < -0.39 is 0 Å². The van der Waals surface area contributed by atoms with Crippen LogP contribution in [0.3, 0.4) is 0 Å². The van der Waals surface area contributed by atoms with E-state index in [1.807, 2.05) is 29.2 Å². The van der Waals surface area contributed by atoms with Crippen LogP contribution in [0.1, 0.15) is 32.1 Å². The van der Waals surface area contributed by atoms with Gasteiger partial charge in [-0.25, -0.2) is 0 Å². The molecule has 0 unspecified atom stereocenters. The quantitative estimate of drug-likeness (QED) is 0.828. The summed E-state index contributed by atoms with van der Waals surface area (Å²) in [5, 5.41) is 0.714. The molecule has 2 aliphatic rings. The largest absolute Gasteiger partial charge is 0.312 e. The molecule has 0 N–H and O–H groups in total. The number of carbonyl (C=O) groups excluding carboxylic acids is 1. The maximum atomic E-state index is 12.6. The summed E-state index contributed by atoms with van der Waals surface area (Å²) in [6.45, 7) is 4.08. The molecule has 2 heterocycles. The molecular weight excluding hydrogens is 319 g/mol. The number of amides is 1. The van der Waals surface area contributed by atoms with E-state index in [2.05, 4.69) is 4.90 Å². The second-order valence-electron chi connectivity index (χ2n) is 6.17. The van der Waals surface area contributed by atoms with Gasteiger partial charge >= 0.3 is 0 Å². The third-order valence-corrected chi connectivity index (χ3v) is 4.88. The highest BCUT2D eigenvalue weighted by atomic mass is 35.5. The first-order valence-electron chi connectivity index (χ1n) is 8.03. The second kappa shape index (κ2) is 8.19. The minimum atomic E-state index is 0. The van der Waals surface area contributed by atoms with Gasteiger partial charge in [0.15, 0.2) is 0 Å². The zero-order chi connectivity index (χ0) is 14.7. The fraction of sp³-hybridized carbons (Fsp3) is 0.588. The third-order valence-electron chi connectivity index (χ3n) is 4.63. The van der Waals surface area contributed by atoms with Crippen molar-refractivity contribution in [1.82, 2.24) is 4.90 Å². The van der Waals surface area contributed by atoms with Gasteiger partial charge in [0.05, 0.1) is 5.92 Å². The highest BCUT2D eigenvalue weighted by molar-refractivity contribution is 6.30. The molecule has 5 heteroatoms. The van der Waals surface area contributed by atoms with Crippen LogP contribution in [-0.4, -0.2) is 37.0 Å². The van der Waals surface area contributed by atoms with Gasteiger partial charge in [0.1, 0.15) is 0 Å². The molecule has 3 nitrogen and oxygen atoms in total. The van der Waals surface area contributed by atoms with Crippen molar-refractivity contribution in [3.63, 3.8) is 0 Å². The Morgan fingerprint density at radius 2 is 1.64 bits per heavy atom. The molecule has 2 fully saturated rings. The molecule has 1 atom stereocenters. The van der Waals surface area contributed by atoms with Crippen molar-refractivity contribution in [1.29, 1.82) is 0 Å². The first-order chi connectivity index (χ1) is 10.2. The average Bonchev–Trinajstić information content (AvgIpc) is 2.70. The van der Waals surface area contributed by atoms with Crippen LogP contribution < -0.4 is 4.90 Å². The van der Waals surface area contributed by atoms with Crippen LogP contribution in [0.2, 0.25) is 5.02 Å². The molecule has 3 rings (SSSR count). The SMILES string of the molecule is Cl.O=C1[C@@H](CN2CCCCCC2)CCN1c1ccc(Cl)cc1. The van der Waals surface area contributed by atoms with Crippen molar-refractivity contribution in [2.45, 2.75) is 32.1 Å². The normalized spacial score (nSPS) is 23.2. The first-order valence-corrected chi connectivity index (χ1v) is 8.41. The first kappa shape index (κ1) is 17.6. The Morgan fingerprint density at radius 3 is 2.27 bits per heavy atom. The van der Waals surface area contributed by atoms with Gasteiger partial charge in [0.2, 0.25) is 5.91 Å². The third kappa shape index (κ3) is 4.15. The number of likely N-dealkylation sites (tertiary alicyclic amines) is 1. The summed E-state index contributed by atoms with van der Waals surface area (Å²) in [6, 6.07) is 7.59. The Bertz CT molecular complexity index is 484. The van der Waals surface area contributed by atoms with Crippen molar-refractivity contribution in [3.8, 4) is 0 Å². The molecule has 0 spiro atoms. The number of halogens is 2. The molecule has 2 aliphatic heterocycles. The van der Waals surface area contributed by atoms with Crippen LogP contribution in [0, 0.1) is 5.92 Å². The van der Waals surface area contributed by atoms with Crippen molar-refractivity contribution in [2.24, 2.45) is 5.92 Å². The fourth-order valence-electron chi connectivity index (χ4n) is 3.42. The second-order valence-corrected chi connectivity index (χ2v) is 6.60. The van der Waals surface area contributed by atoms with E-state index in [1.54, 1.807) is 0 Å². The van der Waals surface area contributed by atoms with Crippen LogP contribution in [0.25, 0.3) is 0 Å². The fourth-order valence-corrected chi connectivity index (χ4v) is 3.54. The smallest absolute Gasteiger partial charge is 0.231 e. The van der Waals surface area contributed by atoms with Crippen LogP contribution in [0.4, 0.5) is 5.69 Å². The van der Waals surface area contributed by atoms with Crippen LogP contribution in [0.15, 0.2) is 24.3 Å². The lowest BCUT2D eigenvalue weighted by Gasteiger charge is -2.23.